The number of ether oxygens (including phenoxy) is 1. The van der Waals surface area contributed by atoms with Crippen LogP contribution in [-0.2, 0) is 16.1 Å². The first-order valence-electron chi connectivity index (χ1n) is 15.7. The number of hydrogen-bond acceptors (Lipinski definition) is 8. The Balaban J connectivity index is 2.52. The van der Waals surface area contributed by atoms with Gasteiger partial charge >= 0.3 is 12.1 Å². The summed E-state index contributed by atoms with van der Waals surface area (Å²) in [6, 6.07) is 12.5. The summed E-state index contributed by atoms with van der Waals surface area (Å²) in [5, 5.41) is 18.9. The molecule has 2 unspecified atom stereocenters. The molecule has 0 saturated heterocycles. The fourth-order valence-electron chi connectivity index (χ4n) is 4.99. The third-order valence-corrected chi connectivity index (χ3v) is 7.82. The van der Waals surface area contributed by atoms with Crippen LogP contribution in [0.1, 0.15) is 44.9 Å². The van der Waals surface area contributed by atoms with Crippen molar-refractivity contribution in [2.45, 2.75) is 58.5 Å². The van der Waals surface area contributed by atoms with Gasteiger partial charge in [-0.15, -0.1) is 0 Å². The van der Waals surface area contributed by atoms with E-state index in [4.69, 9.17) is 10.5 Å². The zero-order valence-electron chi connectivity index (χ0n) is 29.1. The molecule has 2 aromatic rings. The highest BCUT2D eigenvalue weighted by molar-refractivity contribution is 5.91. The van der Waals surface area contributed by atoms with Crippen molar-refractivity contribution in [3.63, 3.8) is 0 Å². The first kappa shape index (κ1) is 39.0. The number of carbonyl (C=O) groups excluding carboxylic acids is 4. The Hall–Kier alpha value is -4.20. The van der Waals surface area contributed by atoms with Crippen LogP contribution >= 0.6 is 0 Å². The molecule has 260 valence electrons. The van der Waals surface area contributed by atoms with E-state index in [0.29, 0.717) is 11.3 Å². The quantitative estimate of drug-likeness (QED) is 0.172. The zero-order valence-corrected chi connectivity index (χ0v) is 29.1. The van der Waals surface area contributed by atoms with E-state index in [9.17, 15) is 24.3 Å². The number of ketones is 1. The highest BCUT2D eigenvalue weighted by atomic mass is 16.5. The van der Waals surface area contributed by atoms with Gasteiger partial charge in [-0.25, -0.2) is 14.6 Å². The summed E-state index contributed by atoms with van der Waals surface area (Å²) in [6.07, 6.45) is -1.39. The number of urea groups is 2. The molecular formula is C34H53N7O6. The molecule has 6 N–H and O–H groups in total. The van der Waals surface area contributed by atoms with Gasteiger partial charge in [0.2, 0.25) is 0 Å². The molecular weight excluding hydrogens is 602 g/mol. The van der Waals surface area contributed by atoms with Gasteiger partial charge in [-0.1, -0.05) is 70.2 Å². The molecule has 0 aromatic heterocycles. The van der Waals surface area contributed by atoms with E-state index >= 15 is 0 Å². The van der Waals surface area contributed by atoms with E-state index in [0.717, 1.165) is 5.56 Å². The fraction of sp³-hybridized carbons (Fsp3) is 0.529. The lowest BCUT2D eigenvalue weighted by atomic mass is 9.80. The van der Waals surface area contributed by atoms with Crippen LogP contribution in [-0.4, -0.2) is 104 Å². The number of aliphatic hydroxyl groups is 1. The number of Topliss-reactive ketones (excluding diaryl/α,β-unsaturated/α-hetero) is 1. The summed E-state index contributed by atoms with van der Waals surface area (Å²) in [4.78, 5) is 55.7. The van der Waals surface area contributed by atoms with Crippen molar-refractivity contribution >= 4 is 23.8 Å². The van der Waals surface area contributed by atoms with Crippen molar-refractivity contribution in [2.24, 2.45) is 23.5 Å². The van der Waals surface area contributed by atoms with E-state index in [1.54, 1.807) is 85.5 Å². The Morgan fingerprint density at radius 2 is 1.32 bits per heavy atom. The van der Waals surface area contributed by atoms with Crippen LogP contribution in [0.3, 0.4) is 0 Å². The Labute approximate surface area is 278 Å². The van der Waals surface area contributed by atoms with Crippen LogP contribution in [0.2, 0.25) is 0 Å². The molecule has 5 amide bonds. The minimum absolute atomic E-state index is 0.145. The molecule has 0 bridgehead atoms. The summed E-state index contributed by atoms with van der Waals surface area (Å²) in [6.45, 7) is 7.18. The Morgan fingerprint density at radius 1 is 0.809 bits per heavy atom. The number of hydrazine groups is 1. The summed E-state index contributed by atoms with van der Waals surface area (Å²) in [7, 11) is 7.87. The molecule has 0 saturated carbocycles. The van der Waals surface area contributed by atoms with Crippen molar-refractivity contribution < 1.29 is 29.0 Å². The number of amides is 5. The van der Waals surface area contributed by atoms with E-state index in [1.165, 1.54) is 14.8 Å². The van der Waals surface area contributed by atoms with Crippen molar-refractivity contribution in [3.05, 3.63) is 65.7 Å². The molecule has 13 nitrogen and oxygen atoms in total. The zero-order chi connectivity index (χ0) is 35.4. The maximum atomic E-state index is 14.3. The molecule has 0 fully saturated rings. The van der Waals surface area contributed by atoms with Gasteiger partial charge in [-0.05, 0) is 35.1 Å². The average Bonchev–Trinajstić information content (AvgIpc) is 3.02. The number of carbonyl (C=O) groups is 4. The lowest BCUT2D eigenvalue weighted by molar-refractivity contribution is -0.133. The average molecular weight is 656 g/mol. The predicted molar refractivity (Wildman–Crippen MR) is 181 cm³/mol. The van der Waals surface area contributed by atoms with Gasteiger partial charge in [0.25, 0.3) is 5.91 Å². The van der Waals surface area contributed by atoms with Crippen LogP contribution < -0.4 is 26.5 Å². The Morgan fingerprint density at radius 3 is 1.79 bits per heavy atom. The molecule has 13 heteroatoms. The van der Waals surface area contributed by atoms with Crippen LogP contribution in [0, 0.1) is 17.8 Å². The highest BCUT2D eigenvalue weighted by Crippen LogP contribution is 2.27. The second-order valence-corrected chi connectivity index (χ2v) is 12.8. The third-order valence-electron chi connectivity index (χ3n) is 7.82. The molecule has 5 atom stereocenters. The molecule has 0 aliphatic heterocycles. The smallest absolute Gasteiger partial charge is 0.317 e. The van der Waals surface area contributed by atoms with Crippen LogP contribution in [0.25, 0.3) is 0 Å². The van der Waals surface area contributed by atoms with Crippen molar-refractivity contribution in [2.75, 3.05) is 41.8 Å². The van der Waals surface area contributed by atoms with E-state index in [2.05, 4.69) is 16.1 Å². The number of nitrogens with one attached hydrogen (secondary N) is 3. The van der Waals surface area contributed by atoms with Gasteiger partial charge in [0.15, 0.2) is 5.78 Å². The number of benzene rings is 2. The maximum Gasteiger partial charge on any atom is 0.317 e. The molecule has 47 heavy (non-hydrogen) atoms. The largest absolute Gasteiger partial charge is 0.497 e. The number of rotatable bonds is 16. The normalized spacial score (nSPS) is 14.5. The first-order valence-corrected chi connectivity index (χ1v) is 15.7. The molecule has 0 spiro atoms. The van der Waals surface area contributed by atoms with Gasteiger partial charge in [-0.2, -0.15) is 0 Å². The van der Waals surface area contributed by atoms with Crippen molar-refractivity contribution in [1.29, 1.82) is 0 Å². The monoisotopic (exact) mass is 655 g/mol. The molecule has 2 aromatic carbocycles. The molecule has 2 rings (SSSR count). The summed E-state index contributed by atoms with van der Waals surface area (Å²) in [5.41, 5.74) is 11.0. The Kier molecular flexibility index (Phi) is 15.1. The van der Waals surface area contributed by atoms with Gasteiger partial charge in [0.05, 0.1) is 25.2 Å². The maximum absolute atomic E-state index is 14.3. The summed E-state index contributed by atoms with van der Waals surface area (Å²) < 4.78 is 5.28. The van der Waals surface area contributed by atoms with Gasteiger partial charge in [-0.3, -0.25) is 15.0 Å². The number of methoxy groups -OCH3 is 1. The van der Waals surface area contributed by atoms with Gasteiger partial charge < -0.3 is 36.0 Å². The lowest BCUT2D eigenvalue weighted by Crippen LogP contribution is -2.58. The molecule has 0 heterocycles. The molecule has 0 radical (unpaired) electrons. The third kappa shape index (κ3) is 11.5. The van der Waals surface area contributed by atoms with Gasteiger partial charge in [0, 0.05) is 47.3 Å². The number of nitrogens with zero attached hydrogens (tertiary/aromatic N) is 3. The number of nitrogens with two attached hydrogens (primary N) is 1. The predicted octanol–water partition coefficient (Wildman–Crippen LogP) is 2.37. The summed E-state index contributed by atoms with van der Waals surface area (Å²) in [5.74, 6) is -2.03. The SMILES string of the molecule is COc1ccc(CN(C[C@H](O)C(C(=O)[C@@H](NC(=O)N(C)C)C(C)C)C(N)c2ccccc2)NC(=O)[C@@H](NC(=O)N(C)C)C(C)C)cc1. The summed E-state index contributed by atoms with van der Waals surface area (Å²) >= 11 is 0. The van der Waals surface area contributed by atoms with E-state index in [-0.39, 0.29) is 24.9 Å². The number of aliphatic hydroxyl groups excluding tert-OH is 1. The molecule has 0 aliphatic carbocycles. The van der Waals surface area contributed by atoms with Crippen LogP contribution in [0.5, 0.6) is 5.75 Å². The second-order valence-electron chi connectivity index (χ2n) is 12.8. The van der Waals surface area contributed by atoms with Gasteiger partial charge in [0.1, 0.15) is 11.8 Å². The first-order chi connectivity index (χ1) is 22.1. The van der Waals surface area contributed by atoms with Crippen LogP contribution in [0.4, 0.5) is 9.59 Å². The highest BCUT2D eigenvalue weighted by Gasteiger charge is 2.40. The fourth-order valence-corrected chi connectivity index (χ4v) is 4.99. The standard InChI is InChI=1S/C34H53N7O6/c1-21(2)29(36-33(45)39(5)6)31(43)27(28(35)24-13-11-10-12-14-24)26(42)20-41(19-23-15-17-25(47-9)18-16-23)38-32(44)30(22(3)4)37-34(46)40(7)8/h10-18,21-22,26-30,42H,19-20,35H2,1-9H3,(H,36,45)(H,37,46)(H,38,44)/t26-,27?,28?,29-,30-/m0/s1. The molecule has 0 aliphatic rings. The number of hydrogen-bond donors (Lipinski definition) is 5. The van der Waals surface area contributed by atoms with Crippen molar-refractivity contribution in [1.82, 2.24) is 30.9 Å². The lowest BCUT2D eigenvalue weighted by Gasteiger charge is -2.36. The Bertz CT molecular complexity index is 1300. The minimum atomic E-state index is -1.39. The van der Waals surface area contributed by atoms with Crippen molar-refractivity contribution in [3.8, 4) is 5.75 Å². The van der Waals surface area contributed by atoms with E-state index in [1.807, 2.05) is 32.0 Å². The minimum Gasteiger partial charge on any atom is -0.497 e. The van der Waals surface area contributed by atoms with E-state index < -0.39 is 53.9 Å². The second kappa shape index (κ2) is 18.2. The van der Waals surface area contributed by atoms with Crippen LogP contribution in [0.15, 0.2) is 54.6 Å². The topological polar surface area (TPSA) is 170 Å².